The monoisotopic (exact) mass is 176 g/mol. The molecule has 1 fully saturated rings. The van der Waals surface area contributed by atoms with Crippen LogP contribution in [-0.2, 0) is 11.2 Å². The summed E-state index contributed by atoms with van der Waals surface area (Å²) in [4.78, 5) is 19.6. The molecule has 2 rings (SSSR count). The van der Waals surface area contributed by atoms with Crippen LogP contribution in [0.5, 0.6) is 0 Å². The van der Waals surface area contributed by atoms with Gasteiger partial charge in [-0.25, -0.2) is 9.97 Å². The van der Waals surface area contributed by atoms with Gasteiger partial charge >= 0.3 is 0 Å². The van der Waals surface area contributed by atoms with Crippen LogP contribution in [0.4, 0.5) is 0 Å². The fourth-order valence-corrected chi connectivity index (χ4v) is 1.22. The molecular weight excluding hydrogens is 164 g/mol. The second-order valence-electron chi connectivity index (χ2n) is 3.59. The van der Waals surface area contributed by atoms with Crippen LogP contribution < -0.4 is 0 Å². The first kappa shape index (κ1) is 8.35. The smallest absolute Gasteiger partial charge is 0.143 e. The summed E-state index contributed by atoms with van der Waals surface area (Å²) < 4.78 is 0. The maximum atomic E-state index is 11.4. The van der Waals surface area contributed by atoms with E-state index in [0.717, 1.165) is 18.4 Å². The molecule has 0 radical (unpaired) electrons. The average molecular weight is 176 g/mol. The lowest BCUT2D eigenvalue weighted by Gasteiger charge is -1.97. The summed E-state index contributed by atoms with van der Waals surface area (Å²) in [6.45, 7) is 1.94. The van der Waals surface area contributed by atoms with Gasteiger partial charge in [-0.15, -0.1) is 0 Å². The van der Waals surface area contributed by atoms with E-state index in [4.69, 9.17) is 0 Å². The Kier molecular flexibility index (Phi) is 2.08. The van der Waals surface area contributed by atoms with Gasteiger partial charge < -0.3 is 0 Å². The van der Waals surface area contributed by atoms with Gasteiger partial charge in [0.25, 0.3) is 0 Å². The molecule has 0 N–H and O–H groups in total. The number of aryl methyl sites for hydroxylation is 1. The molecule has 0 unspecified atom stereocenters. The van der Waals surface area contributed by atoms with Crippen molar-refractivity contribution in [2.75, 3.05) is 0 Å². The summed E-state index contributed by atoms with van der Waals surface area (Å²) in [5.41, 5.74) is 1.03. The highest BCUT2D eigenvalue weighted by atomic mass is 16.1. The van der Waals surface area contributed by atoms with Crippen LogP contribution in [-0.4, -0.2) is 15.8 Å². The molecule has 3 heteroatoms. The molecular formula is C10H12N2O. The molecule has 1 aliphatic rings. The van der Waals surface area contributed by atoms with Crippen LogP contribution in [0.3, 0.4) is 0 Å². The van der Waals surface area contributed by atoms with Crippen molar-refractivity contribution in [1.29, 1.82) is 0 Å². The Hall–Kier alpha value is -1.25. The van der Waals surface area contributed by atoms with Crippen molar-refractivity contribution in [1.82, 2.24) is 9.97 Å². The number of aromatic nitrogens is 2. The maximum absolute atomic E-state index is 11.4. The number of carbonyl (C=O) groups excluding carboxylic acids is 1. The molecule has 0 saturated heterocycles. The van der Waals surface area contributed by atoms with Gasteiger partial charge in [0.1, 0.15) is 11.6 Å². The predicted molar refractivity (Wildman–Crippen MR) is 48.2 cm³/mol. The maximum Gasteiger partial charge on any atom is 0.143 e. The van der Waals surface area contributed by atoms with Gasteiger partial charge in [0.15, 0.2) is 0 Å². The van der Waals surface area contributed by atoms with E-state index in [0.29, 0.717) is 23.9 Å². The summed E-state index contributed by atoms with van der Waals surface area (Å²) in [5, 5.41) is 0. The van der Waals surface area contributed by atoms with E-state index in [1.807, 2.05) is 6.92 Å². The predicted octanol–water partition coefficient (Wildman–Crippen LogP) is 1.31. The van der Waals surface area contributed by atoms with E-state index in [9.17, 15) is 4.79 Å². The van der Waals surface area contributed by atoms with Crippen LogP contribution in [0, 0.1) is 12.8 Å². The summed E-state index contributed by atoms with van der Waals surface area (Å²) in [6, 6.07) is 0. The molecule has 0 spiro atoms. The fraction of sp³-hybridized carbons (Fsp3) is 0.500. The van der Waals surface area contributed by atoms with Crippen molar-refractivity contribution in [2.24, 2.45) is 5.92 Å². The van der Waals surface area contributed by atoms with E-state index in [1.165, 1.54) is 0 Å². The molecule has 0 aliphatic heterocycles. The van der Waals surface area contributed by atoms with Gasteiger partial charge in [-0.2, -0.15) is 0 Å². The molecule has 13 heavy (non-hydrogen) atoms. The molecule has 1 aromatic rings. The molecule has 0 bridgehead atoms. The Morgan fingerprint density at radius 2 is 2.08 bits per heavy atom. The Balaban J connectivity index is 2.00. The zero-order valence-electron chi connectivity index (χ0n) is 7.66. The summed E-state index contributed by atoms with van der Waals surface area (Å²) in [7, 11) is 0. The van der Waals surface area contributed by atoms with Crippen LogP contribution in [0.15, 0.2) is 12.4 Å². The van der Waals surface area contributed by atoms with Crippen LogP contribution >= 0.6 is 0 Å². The summed E-state index contributed by atoms with van der Waals surface area (Å²) in [5.74, 6) is 1.26. The quantitative estimate of drug-likeness (QED) is 0.697. The highest BCUT2D eigenvalue weighted by Crippen LogP contribution is 2.30. The third-order valence-electron chi connectivity index (χ3n) is 2.20. The van der Waals surface area contributed by atoms with Crippen molar-refractivity contribution < 1.29 is 4.79 Å². The standard InChI is InChI=1S/C10H12N2O/c1-7-5-11-10(12-6-7)4-9(13)8-2-3-8/h5-6,8H,2-4H2,1H3. The SMILES string of the molecule is Cc1cnc(CC(=O)C2CC2)nc1. The normalized spacial score (nSPS) is 15.8. The Bertz CT molecular complexity index is 314. The summed E-state index contributed by atoms with van der Waals surface area (Å²) >= 11 is 0. The minimum atomic E-state index is 0.295. The molecule has 1 saturated carbocycles. The van der Waals surface area contributed by atoms with Crippen LogP contribution in [0.2, 0.25) is 0 Å². The van der Waals surface area contributed by atoms with Gasteiger partial charge in [-0.3, -0.25) is 4.79 Å². The number of Topliss-reactive ketones (excluding diaryl/α,β-unsaturated/α-hetero) is 1. The minimum Gasteiger partial charge on any atom is -0.299 e. The molecule has 1 aromatic heterocycles. The third-order valence-corrected chi connectivity index (χ3v) is 2.20. The Labute approximate surface area is 77.2 Å². The van der Waals surface area contributed by atoms with E-state index < -0.39 is 0 Å². The molecule has 1 heterocycles. The molecule has 68 valence electrons. The Morgan fingerprint density at radius 1 is 1.46 bits per heavy atom. The number of nitrogens with zero attached hydrogens (tertiary/aromatic N) is 2. The minimum absolute atomic E-state index is 0.295. The first-order valence-electron chi connectivity index (χ1n) is 4.56. The Morgan fingerprint density at radius 3 is 2.62 bits per heavy atom. The second kappa shape index (κ2) is 3.24. The second-order valence-corrected chi connectivity index (χ2v) is 3.59. The number of rotatable bonds is 3. The zero-order chi connectivity index (χ0) is 9.26. The third kappa shape index (κ3) is 2.11. The lowest BCUT2D eigenvalue weighted by Crippen LogP contribution is -2.07. The van der Waals surface area contributed by atoms with E-state index >= 15 is 0 Å². The molecule has 3 nitrogen and oxygen atoms in total. The highest BCUT2D eigenvalue weighted by Gasteiger charge is 2.29. The zero-order valence-corrected chi connectivity index (χ0v) is 7.66. The molecule has 0 atom stereocenters. The van der Waals surface area contributed by atoms with Crippen molar-refractivity contribution in [2.45, 2.75) is 26.2 Å². The molecule has 0 amide bonds. The van der Waals surface area contributed by atoms with E-state index in [2.05, 4.69) is 9.97 Å². The topological polar surface area (TPSA) is 42.9 Å². The van der Waals surface area contributed by atoms with Crippen molar-refractivity contribution in [3.8, 4) is 0 Å². The average Bonchev–Trinajstić information content (AvgIpc) is 2.91. The highest BCUT2D eigenvalue weighted by molar-refractivity contribution is 5.84. The van der Waals surface area contributed by atoms with Crippen molar-refractivity contribution >= 4 is 5.78 Å². The van der Waals surface area contributed by atoms with Crippen molar-refractivity contribution in [3.05, 3.63) is 23.8 Å². The lowest BCUT2D eigenvalue weighted by molar-refractivity contribution is -0.119. The van der Waals surface area contributed by atoms with Crippen molar-refractivity contribution in [3.63, 3.8) is 0 Å². The largest absolute Gasteiger partial charge is 0.299 e. The first-order chi connectivity index (χ1) is 6.25. The molecule has 0 aromatic carbocycles. The van der Waals surface area contributed by atoms with E-state index in [-0.39, 0.29) is 0 Å². The van der Waals surface area contributed by atoms with Gasteiger partial charge in [-0.05, 0) is 25.3 Å². The number of carbonyl (C=O) groups is 1. The molecule has 1 aliphatic carbocycles. The van der Waals surface area contributed by atoms with Gasteiger partial charge in [0.05, 0.1) is 6.42 Å². The number of hydrogen-bond acceptors (Lipinski definition) is 3. The number of hydrogen-bond donors (Lipinski definition) is 0. The fourth-order valence-electron chi connectivity index (χ4n) is 1.22. The lowest BCUT2D eigenvalue weighted by atomic mass is 10.2. The van der Waals surface area contributed by atoms with Crippen LogP contribution in [0.1, 0.15) is 24.2 Å². The summed E-state index contributed by atoms with van der Waals surface area (Å²) in [6.07, 6.45) is 6.03. The van der Waals surface area contributed by atoms with Gasteiger partial charge in [-0.1, -0.05) is 0 Å². The van der Waals surface area contributed by atoms with Gasteiger partial charge in [0, 0.05) is 18.3 Å². The first-order valence-corrected chi connectivity index (χ1v) is 4.56. The number of ketones is 1. The van der Waals surface area contributed by atoms with E-state index in [1.54, 1.807) is 12.4 Å². The van der Waals surface area contributed by atoms with Gasteiger partial charge in [0.2, 0.25) is 0 Å². The van der Waals surface area contributed by atoms with Crippen LogP contribution in [0.25, 0.3) is 0 Å².